The predicted molar refractivity (Wildman–Crippen MR) is 43.8 cm³/mol. The van der Waals surface area contributed by atoms with Gasteiger partial charge in [-0.15, -0.1) is 0 Å². The number of aliphatic carboxylic acids is 1. The fourth-order valence-electron chi connectivity index (χ4n) is 0.911. The Balaban J connectivity index is 2.89. The summed E-state index contributed by atoms with van der Waals surface area (Å²) in [5, 5.41) is 17.7. The van der Waals surface area contributed by atoms with Gasteiger partial charge in [0.05, 0.1) is 13.5 Å². The van der Waals surface area contributed by atoms with Crippen molar-refractivity contribution in [1.82, 2.24) is 4.98 Å². The van der Waals surface area contributed by atoms with Crippen LogP contribution in [0.3, 0.4) is 0 Å². The molecule has 1 rings (SSSR count). The van der Waals surface area contributed by atoms with Crippen LogP contribution in [0, 0.1) is 0 Å². The van der Waals surface area contributed by atoms with Gasteiger partial charge in [0.2, 0.25) is 0 Å². The zero-order valence-electron chi connectivity index (χ0n) is 7.02. The molecular weight excluding hydrogens is 174 g/mol. The molecule has 1 aromatic heterocycles. The van der Waals surface area contributed by atoms with E-state index in [4.69, 9.17) is 9.84 Å². The van der Waals surface area contributed by atoms with E-state index in [0.29, 0.717) is 5.56 Å². The number of ether oxygens (including phenoxy) is 1. The maximum Gasteiger partial charge on any atom is 0.307 e. The number of rotatable bonds is 3. The van der Waals surface area contributed by atoms with Crippen LogP contribution < -0.4 is 4.74 Å². The standard InChI is InChI=1S/C8H9NO4/c1-13-8-6(10)2-5(4-9-8)3-7(11)12/h2,4,10H,3H2,1H3,(H,11,12). The van der Waals surface area contributed by atoms with Crippen LogP contribution >= 0.6 is 0 Å². The lowest BCUT2D eigenvalue weighted by molar-refractivity contribution is -0.136. The summed E-state index contributed by atoms with van der Waals surface area (Å²) in [7, 11) is 1.37. The molecule has 0 radical (unpaired) electrons. The van der Waals surface area contributed by atoms with Crippen molar-refractivity contribution in [2.45, 2.75) is 6.42 Å². The lowest BCUT2D eigenvalue weighted by Gasteiger charge is -2.02. The largest absolute Gasteiger partial charge is 0.503 e. The second-order valence-corrected chi connectivity index (χ2v) is 2.44. The molecule has 2 N–H and O–H groups in total. The number of hydrogen-bond donors (Lipinski definition) is 2. The summed E-state index contributed by atoms with van der Waals surface area (Å²) in [6, 6.07) is 1.32. The van der Waals surface area contributed by atoms with Crippen LogP contribution in [0.15, 0.2) is 12.3 Å². The van der Waals surface area contributed by atoms with Crippen molar-refractivity contribution >= 4 is 5.97 Å². The number of aromatic nitrogens is 1. The van der Waals surface area contributed by atoms with Gasteiger partial charge < -0.3 is 14.9 Å². The summed E-state index contributed by atoms with van der Waals surface area (Å²) in [4.78, 5) is 14.0. The molecular formula is C8H9NO4. The minimum Gasteiger partial charge on any atom is -0.503 e. The third-order valence-corrected chi connectivity index (χ3v) is 1.44. The molecule has 5 nitrogen and oxygen atoms in total. The number of carboxylic acids is 1. The highest BCUT2D eigenvalue weighted by molar-refractivity contribution is 5.70. The van der Waals surface area contributed by atoms with Gasteiger partial charge in [0.15, 0.2) is 5.75 Å². The van der Waals surface area contributed by atoms with E-state index in [2.05, 4.69) is 4.98 Å². The van der Waals surface area contributed by atoms with E-state index in [1.807, 2.05) is 0 Å². The van der Waals surface area contributed by atoms with Crippen molar-refractivity contribution in [1.29, 1.82) is 0 Å². The highest BCUT2D eigenvalue weighted by Gasteiger charge is 2.06. The maximum absolute atomic E-state index is 10.3. The van der Waals surface area contributed by atoms with Gasteiger partial charge in [-0.25, -0.2) is 4.98 Å². The Morgan fingerprint density at radius 1 is 1.69 bits per heavy atom. The van der Waals surface area contributed by atoms with Crippen LogP contribution in [0.4, 0.5) is 0 Å². The van der Waals surface area contributed by atoms with Gasteiger partial charge in [-0.05, 0) is 11.6 Å². The molecule has 1 heterocycles. The molecule has 0 saturated heterocycles. The van der Waals surface area contributed by atoms with Crippen molar-refractivity contribution < 1.29 is 19.7 Å². The molecule has 0 bridgehead atoms. The van der Waals surface area contributed by atoms with Crippen LogP contribution in [-0.2, 0) is 11.2 Å². The first-order valence-electron chi connectivity index (χ1n) is 3.57. The summed E-state index contributed by atoms with van der Waals surface area (Å²) >= 11 is 0. The molecule has 70 valence electrons. The molecule has 0 fully saturated rings. The second kappa shape index (κ2) is 3.75. The van der Waals surface area contributed by atoms with Crippen molar-refractivity contribution in [2.24, 2.45) is 0 Å². The van der Waals surface area contributed by atoms with Gasteiger partial charge in [0.1, 0.15) is 0 Å². The Kier molecular flexibility index (Phi) is 2.69. The monoisotopic (exact) mass is 183 g/mol. The predicted octanol–water partition coefficient (Wildman–Crippen LogP) is 0.423. The third kappa shape index (κ3) is 2.33. The normalized spacial score (nSPS) is 9.62. The lowest BCUT2D eigenvalue weighted by Crippen LogP contribution is -2.00. The number of hydrogen-bond acceptors (Lipinski definition) is 4. The molecule has 0 spiro atoms. The third-order valence-electron chi connectivity index (χ3n) is 1.44. The Labute approximate surface area is 74.6 Å². The summed E-state index contributed by atoms with van der Waals surface area (Å²) in [6.07, 6.45) is 1.19. The minimum absolute atomic E-state index is 0.0918. The number of carboxylic acid groups (broad SMARTS) is 1. The average Bonchev–Trinajstić information content (AvgIpc) is 2.03. The van der Waals surface area contributed by atoms with Gasteiger partial charge >= 0.3 is 5.97 Å². The first-order chi connectivity index (χ1) is 6.13. The van der Waals surface area contributed by atoms with Crippen LogP contribution in [-0.4, -0.2) is 28.3 Å². The van der Waals surface area contributed by atoms with Gasteiger partial charge in [0.25, 0.3) is 5.88 Å². The lowest BCUT2D eigenvalue weighted by atomic mass is 10.2. The zero-order valence-corrected chi connectivity index (χ0v) is 7.02. The fraction of sp³-hybridized carbons (Fsp3) is 0.250. The van der Waals surface area contributed by atoms with E-state index >= 15 is 0 Å². The quantitative estimate of drug-likeness (QED) is 0.710. The van der Waals surface area contributed by atoms with Gasteiger partial charge in [-0.3, -0.25) is 4.79 Å². The van der Waals surface area contributed by atoms with Gasteiger partial charge in [0, 0.05) is 6.20 Å². The molecule has 0 aliphatic carbocycles. The van der Waals surface area contributed by atoms with Gasteiger partial charge in [-0.1, -0.05) is 0 Å². The SMILES string of the molecule is COc1ncc(CC(=O)O)cc1O. The number of pyridine rings is 1. The first kappa shape index (κ1) is 9.31. The second-order valence-electron chi connectivity index (χ2n) is 2.44. The van der Waals surface area contributed by atoms with Crippen LogP contribution in [0.1, 0.15) is 5.56 Å². The zero-order chi connectivity index (χ0) is 9.84. The highest BCUT2D eigenvalue weighted by atomic mass is 16.5. The Morgan fingerprint density at radius 3 is 2.85 bits per heavy atom. The van der Waals surface area contributed by atoms with E-state index in [1.54, 1.807) is 0 Å². The van der Waals surface area contributed by atoms with E-state index in [-0.39, 0.29) is 18.1 Å². The molecule has 0 aromatic carbocycles. The van der Waals surface area contributed by atoms with Crippen molar-refractivity contribution in [3.05, 3.63) is 17.8 Å². The van der Waals surface area contributed by atoms with E-state index < -0.39 is 5.97 Å². The number of aromatic hydroxyl groups is 1. The Bertz CT molecular complexity index is 324. The number of carbonyl (C=O) groups is 1. The summed E-state index contributed by atoms with van der Waals surface area (Å²) < 4.78 is 4.70. The Morgan fingerprint density at radius 2 is 2.38 bits per heavy atom. The number of nitrogens with zero attached hydrogens (tertiary/aromatic N) is 1. The van der Waals surface area contributed by atoms with E-state index in [1.165, 1.54) is 19.4 Å². The minimum atomic E-state index is -0.966. The van der Waals surface area contributed by atoms with Gasteiger partial charge in [-0.2, -0.15) is 0 Å². The molecule has 0 aliphatic rings. The van der Waals surface area contributed by atoms with Crippen LogP contribution in [0.25, 0.3) is 0 Å². The molecule has 0 saturated carbocycles. The van der Waals surface area contributed by atoms with Crippen molar-refractivity contribution in [3.8, 4) is 11.6 Å². The molecule has 13 heavy (non-hydrogen) atoms. The van der Waals surface area contributed by atoms with E-state index in [9.17, 15) is 9.90 Å². The fourth-order valence-corrected chi connectivity index (χ4v) is 0.911. The molecule has 0 unspecified atom stereocenters. The smallest absolute Gasteiger partial charge is 0.307 e. The molecule has 1 aromatic rings. The number of methoxy groups -OCH3 is 1. The van der Waals surface area contributed by atoms with E-state index in [0.717, 1.165) is 0 Å². The highest BCUT2D eigenvalue weighted by Crippen LogP contribution is 2.22. The summed E-state index contributed by atoms with van der Waals surface area (Å²) in [6.45, 7) is 0. The maximum atomic E-state index is 10.3. The Hall–Kier alpha value is -1.78. The molecule has 5 heteroatoms. The summed E-state index contributed by atoms with van der Waals surface area (Å²) in [5.74, 6) is -1.03. The van der Waals surface area contributed by atoms with Crippen molar-refractivity contribution in [2.75, 3.05) is 7.11 Å². The molecule has 0 amide bonds. The van der Waals surface area contributed by atoms with Crippen molar-refractivity contribution in [3.63, 3.8) is 0 Å². The van der Waals surface area contributed by atoms with Crippen LogP contribution in [0.5, 0.6) is 11.6 Å². The topological polar surface area (TPSA) is 79.7 Å². The van der Waals surface area contributed by atoms with Crippen LogP contribution in [0.2, 0.25) is 0 Å². The molecule has 0 atom stereocenters. The first-order valence-corrected chi connectivity index (χ1v) is 3.57. The summed E-state index contributed by atoms with van der Waals surface area (Å²) in [5.41, 5.74) is 0.436. The molecule has 0 aliphatic heterocycles. The average molecular weight is 183 g/mol.